The molecule has 1 aliphatic rings. The zero-order chi connectivity index (χ0) is 10.6. The van der Waals surface area contributed by atoms with Gasteiger partial charge in [-0.3, -0.25) is 4.79 Å². The Kier molecular flexibility index (Phi) is 3.89. The minimum Gasteiger partial charge on any atom is -0.344 e. The molecule has 0 atom stereocenters. The van der Waals surface area contributed by atoms with Crippen LogP contribution < -0.4 is 10.6 Å². The highest BCUT2D eigenvalue weighted by atomic mass is 16.2. The number of hydrogen-bond donors (Lipinski definition) is 2. The molecular weight excluding hydrogens is 178 g/mol. The van der Waals surface area contributed by atoms with Crippen molar-refractivity contribution in [2.24, 2.45) is 0 Å². The molecule has 1 rings (SSSR count). The zero-order valence-electron chi connectivity index (χ0n) is 9.39. The average Bonchev–Trinajstić information content (AvgIpc) is 2.28. The summed E-state index contributed by atoms with van der Waals surface area (Å²) >= 11 is 0. The average molecular weight is 199 g/mol. The quantitative estimate of drug-likeness (QED) is 0.662. The molecular formula is C10H21N3O. The molecule has 2 N–H and O–H groups in total. The van der Waals surface area contributed by atoms with E-state index in [2.05, 4.69) is 10.6 Å². The molecule has 0 unspecified atom stereocenters. The number of nitrogens with zero attached hydrogens (tertiary/aromatic N) is 1. The van der Waals surface area contributed by atoms with E-state index < -0.39 is 0 Å². The molecule has 1 saturated heterocycles. The third-order valence-corrected chi connectivity index (χ3v) is 3.17. The number of piperidine rings is 1. The fourth-order valence-corrected chi connectivity index (χ4v) is 1.93. The van der Waals surface area contributed by atoms with Gasteiger partial charge in [0, 0.05) is 13.6 Å². The summed E-state index contributed by atoms with van der Waals surface area (Å²) in [5, 5.41) is 6.48. The molecule has 1 fully saturated rings. The zero-order valence-corrected chi connectivity index (χ0v) is 9.39. The molecule has 4 nitrogen and oxygen atoms in total. The summed E-state index contributed by atoms with van der Waals surface area (Å²) in [5.41, 5.74) is -0.323. The summed E-state index contributed by atoms with van der Waals surface area (Å²) in [7, 11) is 3.75. The van der Waals surface area contributed by atoms with Crippen LogP contribution in [0.3, 0.4) is 0 Å². The van der Waals surface area contributed by atoms with Crippen molar-refractivity contribution in [3.8, 4) is 0 Å². The standard InChI is InChI=1S/C10H21N3O/c1-4-13(3)9(14)10(11-2)5-7-12-8-6-10/h11-12H,4-8H2,1-3H3. The molecule has 4 heteroatoms. The van der Waals surface area contributed by atoms with Crippen LogP contribution in [-0.2, 0) is 4.79 Å². The van der Waals surface area contributed by atoms with Crippen molar-refractivity contribution in [2.45, 2.75) is 25.3 Å². The van der Waals surface area contributed by atoms with Gasteiger partial charge in [-0.25, -0.2) is 0 Å². The summed E-state index contributed by atoms with van der Waals surface area (Å²) in [5.74, 6) is 0.226. The molecule has 82 valence electrons. The highest BCUT2D eigenvalue weighted by Crippen LogP contribution is 2.20. The van der Waals surface area contributed by atoms with Crippen LogP contribution in [0.4, 0.5) is 0 Å². The van der Waals surface area contributed by atoms with Crippen molar-refractivity contribution in [1.82, 2.24) is 15.5 Å². The predicted molar refractivity (Wildman–Crippen MR) is 57.2 cm³/mol. The van der Waals surface area contributed by atoms with Gasteiger partial charge in [-0.2, -0.15) is 0 Å². The molecule has 1 aliphatic heterocycles. The summed E-state index contributed by atoms with van der Waals surface area (Å²) in [6.07, 6.45) is 1.76. The number of carbonyl (C=O) groups excluding carboxylic acids is 1. The predicted octanol–water partition coefficient (Wildman–Crippen LogP) is -0.194. The smallest absolute Gasteiger partial charge is 0.242 e. The summed E-state index contributed by atoms with van der Waals surface area (Å²) in [6.45, 7) is 4.62. The normalized spacial score (nSPS) is 20.5. The summed E-state index contributed by atoms with van der Waals surface area (Å²) < 4.78 is 0. The molecule has 0 aromatic rings. The molecule has 0 saturated carbocycles. The lowest BCUT2D eigenvalue weighted by atomic mass is 9.87. The molecule has 1 heterocycles. The van der Waals surface area contributed by atoms with Crippen molar-refractivity contribution in [2.75, 3.05) is 33.7 Å². The van der Waals surface area contributed by atoms with Gasteiger partial charge in [-0.1, -0.05) is 0 Å². The van der Waals surface area contributed by atoms with Crippen LogP contribution in [0.1, 0.15) is 19.8 Å². The van der Waals surface area contributed by atoms with E-state index in [4.69, 9.17) is 0 Å². The SMILES string of the molecule is CCN(C)C(=O)C1(NC)CCNCC1. The van der Waals surface area contributed by atoms with E-state index in [1.807, 2.05) is 21.0 Å². The fourth-order valence-electron chi connectivity index (χ4n) is 1.93. The van der Waals surface area contributed by atoms with Crippen molar-refractivity contribution in [1.29, 1.82) is 0 Å². The van der Waals surface area contributed by atoms with Crippen LogP contribution in [0.5, 0.6) is 0 Å². The van der Waals surface area contributed by atoms with E-state index in [9.17, 15) is 4.79 Å². The second kappa shape index (κ2) is 4.75. The van der Waals surface area contributed by atoms with E-state index >= 15 is 0 Å². The lowest BCUT2D eigenvalue weighted by Crippen LogP contribution is -2.60. The van der Waals surface area contributed by atoms with Gasteiger partial charge in [0.15, 0.2) is 0 Å². The lowest BCUT2D eigenvalue weighted by molar-refractivity contribution is -0.137. The lowest BCUT2D eigenvalue weighted by Gasteiger charge is -2.38. The topological polar surface area (TPSA) is 44.4 Å². The molecule has 0 aliphatic carbocycles. The van der Waals surface area contributed by atoms with Gasteiger partial charge in [0.05, 0.1) is 0 Å². The molecule has 1 amide bonds. The Bertz CT molecular complexity index is 200. The maximum Gasteiger partial charge on any atom is 0.242 e. The monoisotopic (exact) mass is 199 g/mol. The van der Waals surface area contributed by atoms with Gasteiger partial charge >= 0.3 is 0 Å². The number of hydrogen-bond acceptors (Lipinski definition) is 3. The van der Waals surface area contributed by atoms with Crippen molar-refractivity contribution in [3.63, 3.8) is 0 Å². The Balaban J connectivity index is 2.72. The molecule has 0 radical (unpaired) electrons. The summed E-state index contributed by atoms with van der Waals surface area (Å²) in [4.78, 5) is 13.9. The minimum absolute atomic E-state index is 0.226. The van der Waals surface area contributed by atoms with Crippen molar-refractivity contribution in [3.05, 3.63) is 0 Å². The van der Waals surface area contributed by atoms with Crippen LogP contribution in [0.2, 0.25) is 0 Å². The number of amides is 1. The van der Waals surface area contributed by atoms with E-state index in [1.165, 1.54) is 0 Å². The largest absolute Gasteiger partial charge is 0.344 e. The third kappa shape index (κ3) is 2.07. The number of rotatable bonds is 3. The first-order valence-electron chi connectivity index (χ1n) is 5.31. The highest BCUT2D eigenvalue weighted by molar-refractivity contribution is 5.86. The first-order chi connectivity index (χ1) is 6.66. The van der Waals surface area contributed by atoms with Gasteiger partial charge in [-0.15, -0.1) is 0 Å². The third-order valence-electron chi connectivity index (χ3n) is 3.17. The van der Waals surface area contributed by atoms with E-state index in [1.54, 1.807) is 4.90 Å². The van der Waals surface area contributed by atoms with E-state index in [-0.39, 0.29) is 11.4 Å². The second-order valence-corrected chi connectivity index (χ2v) is 3.90. The Morgan fingerprint density at radius 1 is 1.50 bits per heavy atom. The second-order valence-electron chi connectivity index (χ2n) is 3.90. The van der Waals surface area contributed by atoms with Gasteiger partial charge in [0.1, 0.15) is 5.54 Å². The first kappa shape index (κ1) is 11.5. The van der Waals surface area contributed by atoms with Crippen molar-refractivity contribution < 1.29 is 4.79 Å². The Hall–Kier alpha value is -0.610. The molecule has 0 spiro atoms. The summed E-state index contributed by atoms with van der Waals surface area (Å²) in [6, 6.07) is 0. The maximum absolute atomic E-state index is 12.1. The molecule has 0 aromatic carbocycles. The Labute approximate surface area is 86.0 Å². The van der Waals surface area contributed by atoms with Crippen LogP contribution in [0, 0.1) is 0 Å². The van der Waals surface area contributed by atoms with Gasteiger partial charge < -0.3 is 15.5 Å². The molecule has 0 aromatic heterocycles. The van der Waals surface area contributed by atoms with Crippen LogP contribution in [0.15, 0.2) is 0 Å². The van der Waals surface area contributed by atoms with E-state index in [0.29, 0.717) is 0 Å². The Morgan fingerprint density at radius 2 is 2.07 bits per heavy atom. The van der Waals surface area contributed by atoms with Gasteiger partial charge in [0.2, 0.25) is 5.91 Å². The number of carbonyl (C=O) groups is 1. The van der Waals surface area contributed by atoms with Gasteiger partial charge in [-0.05, 0) is 39.9 Å². The van der Waals surface area contributed by atoms with Crippen molar-refractivity contribution >= 4 is 5.91 Å². The van der Waals surface area contributed by atoms with Crippen LogP contribution >= 0.6 is 0 Å². The fraction of sp³-hybridized carbons (Fsp3) is 0.900. The highest BCUT2D eigenvalue weighted by Gasteiger charge is 2.39. The van der Waals surface area contributed by atoms with Crippen LogP contribution in [-0.4, -0.2) is 50.1 Å². The van der Waals surface area contributed by atoms with Gasteiger partial charge in [0.25, 0.3) is 0 Å². The Morgan fingerprint density at radius 3 is 2.50 bits per heavy atom. The maximum atomic E-state index is 12.1. The number of likely N-dealkylation sites (N-methyl/N-ethyl adjacent to an activating group) is 2. The van der Waals surface area contributed by atoms with E-state index in [0.717, 1.165) is 32.5 Å². The molecule has 0 bridgehead atoms. The minimum atomic E-state index is -0.323. The van der Waals surface area contributed by atoms with Crippen LogP contribution in [0.25, 0.3) is 0 Å². The molecule has 14 heavy (non-hydrogen) atoms. The first-order valence-corrected chi connectivity index (χ1v) is 5.31. The number of nitrogens with one attached hydrogen (secondary N) is 2.